The minimum absolute atomic E-state index is 0.114. The van der Waals surface area contributed by atoms with Crippen molar-refractivity contribution in [3.05, 3.63) is 35.9 Å². The predicted octanol–water partition coefficient (Wildman–Crippen LogP) is 3.16. The summed E-state index contributed by atoms with van der Waals surface area (Å²) in [6.07, 6.45) is 0.719. The standard InChI is InChI=1S/C17H23NO2S/c1-11(2)10-15(16(12(3)19)13(4)20)18-17(21)14-8-6-5-7-9-14/h5-9,11,15-16H,10H2,1-4H3,(H,18,21). The number of Topliss-reactive ketones (excluding diaryl/α,β-unsaturated/α-hetero) is 2. The normalized spacial score (nSPS) is 12.3. The van der Waals surface area contributed by atoms with Gasteiger partial charge >= 0.3 is 0 Å². The molecular weight excluding hydrogens is 282 g/mol. The van der Waals surface area contributed by atoms with Crippen molar-refractivity contribution in [2.75, 3.05) is 0 Å². The molecule has 0 radical (unpaired) electrons. The number of rotatable bonds is 7. The van der Waals surface area contributed by atoms with Crippen LogP contribution in [0.15, 0.2) is 30.3 Å². The van der Waals surface area contributed by atoms with Gasteiger partial charge in [-0.2, -0.15) is 0 Å². The molecular formula is C17H23NO2S. The van der Waals surface area contributed by atoms with Gasteiger partial charge in [-0.25, -0.2) is 0 Å². The minimum atomic E-state index is -0.644. The Balaban J connectivity index is 2.95. The van der Waals surface area contributed by atoms with Crippen LogP contribution in [0, 0.1) is 11.8 Å². The lowest BCUT2D eigenvalue weighted by Gasteiger charge is -2.27. The minimum Gasteiger partial charge on any atom is -0.372 e. The van der Waals surface area contributed by atoms with Gasteiger partial charge in [-0.1, -0.05) is 56.4 Å². The topological polar surface area (TPSA) is 46.2 Å². The van der Waals surface area contributed by atoms with Gasteiger partial charge in [0.25, 0.3) is 0 Å². The summed E-state index contributed by atoms with van der Waals surface area (Å²) in [5.74, 6) is -0.510. The number of carbonyl (C=O) groups excluding carboxylic acids is 2. The molecule has 21 heavy (non-hydrogen) atoms. The van der Waals surface area contributed by atoms with E-state index in [-0.39, 0.29) is 17.6 Å². The van der Waals surface area contributed by atoms with Gasteiger partial charge in [-0.15, -0.1) is 0 Å². The van der Waals surface area contributed by atoms with Crippen molar-refractivity contribution in [3.63, 3.8) is 0 Å². The van der Waals surface area contributed by atoms with Gasteiger partial charge in [-0.3, -0.25) is 9.59 Å². The molecule has 0 aliphatic rings. The van der Waals surface area contributed by atoms with E-state index in [1.165, 1.54) is 13.8 Å². The molecule has 3 nitrogen and oxygen atoms in total. The molecule has 0 saturated carbocycles. The number of carbonyl (C=O) groups is 2. The van der Waals surface area contributed by atoms with Gasteiger partial charge in [-0.05, 0) is 26.2 Å². The molecule has 0 aliphatic heterocycles. The van der Waals surface area contributed by atoms with E-state index in [0.717, 1.165) is 12.0 Å². The number of benzene rings is 1. The molecule has 114 valence electrons. The predicted molar refractivity (Wildman–Crippen MR) is 89.4 cm³/mol. The third-order valence-corrected chi connectivity index (χ3v) is 3.71. The summed E-state index contributed by atoms with van der Waals surface area (Å²) in [4.78, 5) is 24.2. The maximum Gasteiger partial charge on any atom is 0.142 e. The van der Waals surface area contributed by atoms with Gasteiger partial charge in [0.15, 0.2) is 0 Å². The Labute approximate surface area is 132 Å². The average Bonchev–Trinajstić information content (AvgIpc) is 2.37. The fourth-order valence-electron chi connectivity index (χ4n) is 2.48. The van der Waals surface area contributed by atoms with E-state index >= 15 is 0 Å². The van der Waals surface area contributed by atoms with Crippen LogP contribution in [0.2, 0.25) is 0 Å². The highest BCUT2D eigenvalue weighted by Crippen LogP contribution is 2.17. The molecule has 1 unspecified atom stereocenters. The van der Waals surface area contributed by atoms with Crippen LogP contribution in [-0.4, -0.2) is 22.6 Å². The zero-order valence-electron chi connectivity index (χ0n) is 13.1. The zero-order chi connectivity index (χ0) is 16.0. The van der Waals surface area contributed by atoms with Gasteiger partial charge in [0.1, 0.15) is 16.6 Å². The molecule has 0 heterocycles. The van der Waals surface area contributed by atoms with Crippen LogP contribution in [0.5, 0.6) is 0 Å². The molecule has 1 aromatic carbocycles. The molecule has 0 spiro atoms. The lowest BCUT2D eigenvalue weighted by atomic mass is 9.86. The molecule has 0 aromatic heterocycles. The lowest BCUT2D eigenvalue weighted by molar-refractivity contribution is -0.131. The van der Waals surface area contributed by atoms with Crippen molar-refractivity contribution in [1.29, 1.82) is 0 Å². The van der Waals surface area contributed by atoms with E-state index in [9.17, 15) is 9.59 Å². The smallest absolute Gasteiger partial charge is 0.142 e. The SMILES string of the molecule is CC(=O)C(C(C)=O)C(CC(C)C)NC(=S)c1ccccc1. The van der Waals surface area contributed by atoms with Gasteiger partial charge in [0.05, 0.1) is 5.92 Å². The average molecular weight is 305 g/mol. The Morgan fingerprint density at radius 3 is 2.05 bits per heavy atom. The molecule has 1 N–H and O–H groups in total. The van der Waals surface area contributed by atoms with Crippen LogP contribution in [0.4, 0.5) is 0 Å². The molecule has 0 bridgehead atoms. The lowest BCUT2D eigenvalue weighted by Crippen LogP contribution is -2.46. The van der Waals surface area contributed by atoms with Gasteiger partial charge in [0, 0.05) is 11.6 Å². The molecule has 1 atom stereocenters. The van der Waals surface area contributed by atoms with Crippen molar-refractivity contribution in [2.24, 2.45) is 11.8 Å². The number of ketones is 2. The van der Waals surface area contributed by atoms with E-state index in [1.807, 2.05) is 30.3 Å². The van der Waals surface area contributed by atoms with Crippen LogP contribution >= 0.6 is 12.2 Å². The van der Waals surface area contributed by atoms with Crippen LogP contribution in [0.3, 0.4) is 0 Å². The third-order valence-electron chi connectivity index (χ3n) is 3.36. The third kappa shape index (κ3) is 5.38. The highest BCUT2D eigenvalue weighted by Gasteiger charge is 2.30. The van der Waals surface area contributed by atoms with Crippen LogP contribution in [-0.2, 0) is 9.59 Å². The van der Waals surface area contributed by atoms with Crippen LogP contribution in [0.25, 0.3) is 0 Å². The maximum absolute atomic E-state index is 11.8. The van der Waals surface area contributed by atoms with E-state index in [1.54, 1.807) is 0 Å². The van der Waals surface area contributed by atoms with Crippen LogP contribution < -0.4 is 5.32 Å². The van der Waals surface area contributed by atoms with Crippen LogP contribution in [0.1, 0.15) is 39.7 Å². The second-order valence-electron chi connectivity index (χ2n) is 5.77. The summed E-state index contributed by atoms with van der Waals surface area (Å²) in [6.45, 7) is 7.06. The van der Waals surface area contributed by atoms with Crippen molar-refractivity contribution in [3.8, 4) is 0 Å². The van der Waals surface area contributed by atoms with E-state index in [2.05, 4.69) is 19.2 Å². The Hall–Kier alpha value is -1.55. The second kappa shape index (κ2) is 8.03. The molecule has 0 amide bonds. The van der Waals surface area contributed by atoms with E-state index in [0.29, 0.717) is 10.9 Å². The number of hydrogen-bond donors (Lipinski definition) is 1. The number of thiocarbonyl (C=S) groups is 1. The Kier molecular flexibility index (Phi) is 6.69. The molecule has 1 rings (SSSR count). The Morgan fingerprint density at radius 1 is 1.10 bits per heavy atom. The molecule has 1 aromatic rings. The fourth-order valence-corrected chi connectivity index (χ4v) is 2.77. The summed E-state index contributed by atoms with van der Waals surface area (Å²) < 4.78 is 0. The monoisotopic (exact) mass is 305 g/mol. The first-order valence-electron chi connectivity index (χ1n) is 7.19. The highest BCUT2D eigenvalue weighted by atomic mass is 32.1. The fraction of sp³-hybridized carbons (Fsp3) is 0.471. The highest BCUT2D eigenvalue weighted by molar-refractivity contribution is 7.80. The summed E-state index contributed by atoms with van der Waals surface area (Å²) >= 11 is 5.41. The Morgan fingerprint density at radius 2 is 1.62 bits per heavy atom. The quantitative estimate of drug-likeness (QED) is 0.621. The summed E-state index contributed by atoms with van der Waals surface area (Å²) in [5, 5.41) is 3.22. The maximum atomic E-state index is 11.8. The first kappa shape index (κ1) is 17.5. The van der Waals surface area contributed by atoms with Crippen molar-refractivity contribution < 1.29 is 9.59 Å². The first-order chi connectivity index (χ1) is 9.82. The number of hydrogen-bond acceptors (Lipinski definition) is 3. The summed E-state index contributed by atoms with van der Waals surface area (Å²) in [7, 11) is 0. The largest absolute Gasteiger partial charge is 0.372 e. The van der Waals surface area contributed by atoms with E-state index in [4.69, 9.17) is 12.2 Å². The summed E-state index contributed by atoms with van der Waals surface area (Å²) in [6, 6.07) is 9.32. The molecule has 0 saturated heterocycles. The van der Waals surface area contributed by atoms with Crippen molar-refractivity contribution in [1.82, 2.24) is 5.32 Å². The number of nitrogens with one attached hydrogen (secondary N) is 1. The van der Waals surface area contributed by atoms with Gasteiger partial charge < -0.3 is 5.32 Å². The van der Waals surface area contributed by atoms with E-state index < -0.39 is 5.92 Å². The molecule has 0 fully saturated rings. The van der Waals surface area contributed by atoms with Gasteiger partial charge in [0.2, 0.25) is 0 Å². The summed E-state index contributed by atoms with van der Waals surface area (Å²) in [5.41, 5.74) is 0.895. The first-order valence-corrected chi connectivity index (χ1v) is 7.60. The Bertz CT molecular complexity index is 497. The second-order valence-corrected chi connectivity index (χ2v) is 6.18. The van der Waals surface area contributed by atoms with Crippen molar-refractivity contribution >= 4 is 28.8 Å². The molecule has 4 heteroatoms. The van der Waals surface area contributed by atoms with Crippen molar-refractivity contribution in [2.45, 2.75) is 40.2 Å². The zero-order valence-corrected chi connectivity index (χ0v) is 13.9. The molecule has 0 aliphatic carbocycles.